The number of amides is 1. The van der Waals surface area contributed by atoms with E-state index >= 15 is 0 Å². The molecule has 7 heteroatoms. The van der Waals surface area contributed by atoms with Crippen molar-refractivity contribution < 1.29 is 27.8 Å². The zero-order valence-corrected chi connectivity index (χ0v) is 19.6. The van der Waals surface area contributed by atoms with Crippen LogP contribution in [-0.4, -0.2) is 26.7 Å². The molecule has 0 spiro atoms. The van der Waals surface area contributed by atoms with Crippen LogP contribution in [0.15, 0.2) is 69.9 Å². The van der Waals surface area contributed by atoms with E-state index < -0.39 is 0 Å². The van der Waals surface area contributed by atoms with E-state index in [0.717, 1.165) is 27.6 Å². The number of carbonyl (C=O) groups is 1. The van der Waals surface area contributed by atoms with Crippen LogP contribution in [0.5, 0.6) is 17.2 Å². The molecule has 0 fully saturated rings. The number of fused-ring (bicyclic) bond motifs is 1. The molecule has 0 saturated carbocycles. The number of ether oxygens (including phenoxy) is 3. The van der Waals surface area contributed by atoms with E-state index in [0.29, 0.717) is 41.7 Å². The van der Waals surface area contributed by atoms with Gasteiger partial charge in [-0.3, -0.25) is 4.79 Å². The molecule has 2 aromatic heterocycles. The Bertz CT molecular complexity index is 1320. The fourth-order valence-electron chi connectivity index (χ4n) is 3.78. The molecule has 7 nitrogen and oxygen atoms in total. The van der Waals surface area contributed by atoms with Gasteiger partial charge in [-0.25, -0.2) is 0 Å². The van der Waals surface area contributed by atoms with Crippen molar-refractivity contribution in [2.45, 2.75) is 20.4 Å². The maximum Gasteiger partial charge on any atom is 0.244 e. The third-order valence-corrected chi connectivity index (χ3v) is 5.46. The summed E-state index contributed by atoms with van der Waals surface area (Å²) >= 11 is 0. The lowest BCUT2D eigenvalue weighted by molar-refractivity contribution is -0.116. The summed E-state index contributed by atoms with van der Waals surface area (Å²) in [7, 11) is 3.25. The highest BCUT2D eigenvalue weighted by Gasteiger charge is 2.18. The summed E-state index contributed by atoms with van der Waals surface area (Å²) in [5.74, 6) is 2.51. The quantitative estimate of drug-likeness (QED) is 0.316. The molecule has 0 unspecified atom stereocenters. The van der Waals surface area contributed by atoms with Crippen LogP contribution < -0.4 is 19.5 Å². The van der Waals surface area contributed by atoms with Crippen LogP contribution in [0, 0.1) is 0 Å². The second-order valence-corrected chi connectivity index (χ2v) is 7.62. The van der Waals surface area contributed by atoms with Gasteiger partial charge in [-0.05, 0) is 55.8 Å². The third-order valence-electron chi connectivity index (χ3n) is 5.46. The molecule has 0 atom stereocenters. The Hall–Kier alpha value is -4.13. The van der Waals surface area contributed by atoms with Crippen LogP contribution in [-0.2, 0) is 11.3 Å². The summed E-state index contributed by atoms with van der Waals surface area (Å²) in [6.45, 7) is 4.59. The Morgan fingerprint density at radius 3 is 2.59 bits per heavy atom. The fraction of sp³-hybridized carbons (Fsp3) is 0.222. The lowest BCUT2D eigenvalue weighted by atomic mass is 9.98. The van der Waals surface area contributed by atoms with Crippen molar-refractivity contribution in [1.82, 2.24) is 5.32 Å². The maximum atomic E-state index is 12.5. The first-order valence-electron chi connectivity index (χ1n) is 10.9. The van der Waals surface area contributed by atoms with Gasteiger partial charge in [0.2, 0.25) is 5.91 Å². The lowest BCUT2D eigenvalue weighted by Gasteiger charge is -2.13. The summed E-state index contributed by atoms with van der Waals surface area (Å²) in [6, 6.07) is 13.0. The Morgan fingerprint density at radius 1 is 1.03 bits per heavy atom. The van der Waals surface area contributed by atoms with E-state index in [1.54, 1.807) is 38.9 Å². The average Bonchev–Trinajstić information content (AvgIpc) is 3.51. The van der Waals surface area contributed by atoms with Gasteiger partial charge in [-0.15, -0.1) is 0 Å². The number of hydrogen-bond acceptors (Lipinski definition) is 6. The molecule has 4 aromatic rings. The Labute approximate surface area is 197 Å². The zero-order chi connectivity index (χ0) is 24.1. The SMILES string of the molecule is CCOc1cc2occ(-c3cc(OC)ccc3OC)c2cc1/C(C)=C/C(=O)NCc1ccco1. The van der Waals surface area contributed by atoms with Crippen molar-refractivity contribution in [3.05, 3.63) is 72.4 Å². The normalized spacial score (nSPS) is 11.5. The highest BCUT2D eigenvalue weighted by atomic mass is 16.5. The first-order valence-corrected chi connectivity index (χ1v) is 10.9. The number of furan rings is 2. The Balaban J connectivity index is 1.74. The number of hydrogen-bond donors (Lipinski definition) is 1. The molecule has 2 aromatic carbocycles. The Morgan fingerprint density at radius 2 is 1.88 bits per heavy atom. The van der Waals surface area contributed by atoms with E-state index in [4.69, 9.17) is 23.0 Å². The highest BCUT2D eigenvalue weighted by Crippen LogP contribution is 2.41. The van der Waals surface area contributed by atoms with Crippen molar-refractivity contribution in [1.29, 1.82) is 0 Å². The van der Waals surface area contributed by atoms with Crippen molar-refractivity contribution in [2.75, 3.05) is 20.8 Å². The van der Waals surface area contributed by atoms with Gasteiger partial charge in [0.25, 0.3) is 0 Å². The van der Waals surface area contributed by atoms with Gasteiger partial charge < -0.3 is 28.4 Å². The van der Waals surface area contributed by atoms with Crippen molar-refractivity contribution in [3.63, 3.8) is 0 Å². The molecule has 34 heavy (non-hydrogen) atoms. The Kier molecular flexibility index (Phi) is 6.92. The molecule has 0 saturated heterocycles. The molecule has 0 bridgehead atoms. The second kappa shape index (κ2) is 10.2. The van der Waals surface area contributed by atoms with Gasteiger partial charge >= 0.3 is 0 Å². The monoisotopic (exact) mass is 461 g/mol. The predicted octanol–water partition coefficient (Wildman–Crippen LogP) is 5.83. The van der Waals surface area contributed by atoms with Crippen molar-refractivity contribution >= 4 is 22.4 Å². The van der Waals surface area contributed by atoms with Crippen molar-refractivity contribution in [3.8, 4) is 28.4 Å². The third kappa shape index (κ3) is 4.78. The van der Waals surface area contributed by atoms with Gasteiger partial charge in [0.1, 0.15) is 28.6 Å². The molecule has 2 heterocycles. The predicted molar refractivity (Wildman–Crippen MR) is 130 cm³/mol. The summed E-state index contributed by atoms with van der Waals surface area (Å²) in [4.78, 5) is 12.5. The van der Waals surface area contributed by atoms with E-state index in [9.17, 15) is 4.79 Å². The maximum absolute atomic E-state index is 12.5. The van der Waals surface area contributed by atoms with Crippen LogP contribution in [0.3, 0.4) is 0 Å². The fourth-order valence-corrected chi connectivity index (χ4v) is 3.78. The topological polar surface area (TPSA) is 83.1 Å². The van der Waals surface area contributed by atoms with E-state index in [-0.39, 0.29) is 5.91 Å². The minimum absolute atomic E-state index is 0.224. The number of allylic oxidation sites excluding steroid dienone is 1. The van der Waals surface area contributed by atoms with Crippen molar-refractivity contribution in [2.24, 2.45) is 0 Å². The van der Waals surface area contributed by atoms with Crippen LogP contribution in [0.25, 0.3) is 27.7 Å². The van der Waals surface area contributed by atoms with Gasteiger partial charge in [-0.1, -0.05) is 0 Å². The first kappa shape index (κ1) is 23.0. The molecular formula is C27H27NO6. The van der Waals surface area contributed by atoms with Gasteiger partial charge in [0, 0.05) is 34.2 Å². The molecule has 0 aliphatic rings. The average molecular weight is 462 g/mol. The number of carbonyl (C=O) groups excluding carboxylic acids is 1. The molecular weight excluding hydrogens is 434 g/mol. The smallest absolute Gasteiger partial charge is 0.244 e. The van der Waals surface area contributed by atoms with E-state index in [1.165, 1.54) is 0 Å². The summed E-state index contributed by atoms with van der Waals surface area (Å²) in [5.41, 5.74) is 3.92. The van der Waals surface area contributed by atoms with E-state index in [1.807, 2.05) is 50.2 Å². The van der Waals surface area contributed by atoms with Crippen LogP contribution in [0.1, 0.15) is 25.2 Å². The lowest BCUT2D eigenvalue weighted by Crippen LogP contribution is -2.20. The molecule has 1 N–H and O–H groups in total. The van der Waals surface area contributed by atoms with Crippen LogP contribution in [0.2, 0.25) is 0 Å². The summed E-state index contributed by atoms with van der Waals surface area (Å²) in [6.07, 6.45) is 4.82. The molecule has 4 rings (SSSR count). The number of rotatable bonds is 9. The number of methoxy groups -OCH3 is 2. The van der Waals surface area contributed by atoms with Gasteiger partial charge in [0.05, 0.1) is 39.9 Å². The number of nitrogens with one attached hydrogen (secondary N) is 1. The largest absolute Gasteiger partial charge is 0.497 e. The molecule has 176 valence electrons. The molecule has 0 radical (unpaired) electrons. The van der Waals surface area contributed by atoms with Gasteiger partial charge in [0.15, 0.2) is 0 Å². The molecule has 1 amide bonds. The standard InChI is InChI=1S/C27H27NO6/c1-5-32-25-14-26-22(23(16-34-26)21-12-18(30-3)8-9-24(21)31-4)13-20(25)17(2)11-27(29)28-15-19-7-6-10-33-19/h6-14,16H,5,15H2,1-4H3,(H,28,29)/b17-11+. The van der Waals surface area contributed by atoms with Crippen LogP contribution >= 0.6 is 0 Å². The number of benzene rings is 2. The minimum Gasteiger partial charge on any atom is -0.497 e. The molecule has 0 aliphatic heterocycles. The summed E-state index contributed by atoms with van der Waals surface area (Å²) < 4.78 is 28.0. The van der Waals surface area contributed by atoms with Gasteiger partial charge in [-0.2, -0.15) is 0 Å². The summed E-state index contributed by atoms with van der Waals surface area (Å²) in [5, 5.41) is 3.70. The molecule has 0 aliphatic carbocycles. The second-order valence-electron chi connectivity index (χ2n) is 7.62. The zero-order valence-electron chi connectivity index (χ0n) is 19.6. The van der Waals surface area contributed by atoms with Crippen LogP contribution in [0.4, 0.5) is 0 Å². The van der Waals surface area contributed by atoms with E-state index in [2.05, 4.69) is 5.32 Å². The minimum atomic E-state index is -0.224. The highest BCUT2D eigenvalue weighted by molar-refractivity contribution is 6.01. The first-order chi connectivity index (χ1) is 16.5.